The van der Waals surface area contributed by atoms with Crippen LogP contribution in [0.25, 0.3) is 0 Å². The van der Waals surface area contributed by atoms with Gasteiger partial charge in [-0.3, -0.25) is 0 Å². The van der Waals surface area contributed by atoms with Crippen molar-refractivity contribution < 1.29 is 17.5 Å². The van der Waals surface area contributed by atoms with E-state index in [0.717, 1.165) is 0 Å². The molecule has 0 aliphatic rings. The molecule has 0 fully saturated rings. The van der Waals surface area contributed by atoms with Gasteiger partial charge in [0.05, 0.1) is 0 Å². The van der Waals surface area contributed by atoms with E-state index in [1.54, 1.807) is 30.6 Å². The number of hydrogen-bond acceptors (Lipinski definition) is 3. The maximum atomic E-state index is 10.6. The molecular weight excluding hydrogens is 178 g/mol. The van der Waals surface area contributed by atoms with Gasteiger partial charge in [-0.1, -0.05) is 6.07 Å². The fourth-order valence-corrected chi connectivity index (χ4v) is 1.24. The first-order valence-electron chi connectivity index (χ1n) is 3.42. The third-order valence-electron chi connectivity index (χ3n) is 1.58. The Morgan fingerprint density at radius 3 is 2.17 bits per heavy atom. The summed E-state index contributed by atoms with van der Waals surface area (Å²) >= 11 is 0. The molecule has 0 aliphatic carbocycles. The Morgan fingerprint density at radius 1 is 1.25 bits per heavy atom. The van der Waals surface area contributed by atoms with Crippen molar-refractivity contribution >= 4 is 10.1 Å². The molecule has 0 amide bonds. The minimum Gasteiger partial charge on any atom is -0.743 e. The summed E-state index contributed by atoms with van der Waals surface area (Å²) in [6, 6.07) is 5.09. The number of nitrogens with zero attached hydrogens (tertiary/aromatic N) is 1. The number of hydrogen-bond donors (Lipinski definition) is 0. The number of rotatable bonds is 2. The largest absolute Gasteiger partial charge is 0.743 e. The summed E-state index contributed by atoms with van der Waals surface area (Å²) in [5.41, 5.74) is 0. The van der Waals surface area contributed by atoms with Gasteiger partial charge in [-0.25, -0.2) is 8.42 Å². The Hall–Kier alpha value is -0.940. The topological polar surface area (TPSA) is 61.1 Å². The van der Waals surface area contributed by atoms with Crippen molar-refractivity contribution in [3.05, 3.63) is 30.6 Å². The van der Waals surface area contributed by atoms with Crippen LogP contribution in [-0.2, 0) is 10.1 Å². The smallest absolute Gasteiger partial charge is 0.243 e. The highest BCUT2D eigenvalue weighted by Gasteiger charge is 2.17. The van der Waals surface area contributed by atoms with Gasteiger partial charge in [-0.05, 0) is 0 Å². The van der Waals surface area contributed by atoms with E-state index in [1.807, 2.05) is 0 Å². The first-order valence-corrected chi connectivity index (χ1v) is 4.89. The summed E-state index contributed by atoms with van der Waals surface area (Å²) in [6.45, 7) is 1.35. The molecule has 0 spiro atoms. The first-order chi connectivity index (χ1) is 5.52. The Labute approximate surface area is 71.2 Å². The highest BCUT2D eigenvalue weighted by atomic mass is 32.2. The maximum Gasteiger partial charge on any atom is 0.243 e. The van der Waals surface area contributed by atoms with Crippen LogP contribution in [0.1, 0.15) is 12.3 Å². The van der Waals surface area contributed by atoms with Crippen LogP contribution in [0.3, 0.4) is 0 Å². The molecule has 1 rings (SSSR count). The molecule has 5 heteroatoms. The fraction of sp³-hybridized carbons (Fsp3) is 0.286. The molecule has 1 atom stereocenters. The SMILES string of the molecule is CC([n+]1ccccc1)S(=O)(=O)[O-]. The van der Waals surface area contributed by atoms with E-state index in [0.29, 0.717) is 0 Å². The van der Waals surface area contributed by atoms with E-state index in [9.17, 15) is 13.0 Å². The quantitative estimate of drug-likeness (QED) is 0.485. The van der Waals surface area contributed by atoms with Gasteiger partial charge >= 0.3 is 0 Å². The molecule has 1 aromatic rings. The second-order valence-corrected chi connectivity index (χ2v) is 4.08. The van der Waals surface area contributed by atoms with E-state index in [1.165, 1.54) is 11.5 Å². The van der Waals surface area contributed by atoms with Gasteiger partial charge in [-0.15, -0.1) is 0 Å². The lowest BCUT2D eigenvalue weighted by Gasteiger charge is -2.10. The molecule has 66 valence electrons. The molecule has 1 unspecified atom stereocenters. The van der Waals surface area contributed by atoms with E-state index in [-0.39, 0.29) is 0 Å². The molecule has 1 aromatic heterocycles. The third kappa shape index (κ3) is 2.02. The number of pyridine rings is 1. The van der Waals surface area contributed by atoms with Crippen molar-refractivity contribution in [2.24, 2.45) is 0 Å². The van der Waals surface area contributed by atoms with Crippen LogP contribution in [0.5, 0.6) is 0 Å². The summed E-state index contributed by atoms with van der Waals surface area (Å²) in [4.78, 5) is 0. The van der Waals surface area contributed by atoms with E-state index >= 15 is 0 Å². The molecule has 0 saturated heterocycles. The van der Waals surface area contributed by atoms with Crippen molar-refractivity contribution in [3.8, 4) is 0 Å². The molecule has 0 aliphatic heterocycles. The van der Waals surface area contributed by atoms with Crippen molar-refractivity contribution in [3.63, 3.8) is 0 Å². The van der Waals surface area contributed by atoms with Crippen LogP contribution in [0.4, 0.5) is 0 Å². The highest BCUT2D eigenvalue weighted by molar-refractivity contribution is 7.85. The minimum absolute atomic E-state index is 1.04. The summed E-state index contributed by atoms with van der Waals surface area (Å²) in [6.07, 6.45) is 3.08. The van der Waals surface area contributed by atoms with E-state index in [4.69, 9.17) is 0 Å². The van der Waals surface area contributed by atoms with Crippen LogP contribution in [-0.4, -0.2) is 13.0 Å². The minimum atomic E-state index is -4.24. The predicted octanol–water partition coefficient (Wildman–Crippen LogP) is 0.0378. The molecular formula is C7H9NO3S. The predicted molar refractivity (Wildman–Crippen MR) is 41.0 cm³/mol. The van der Waals surface area contributed by atoms with E-state index in [2.05, 4.69) is 0 Å². The van der Waals surface area contributed by atoms with Crippen LogP contribution >= 0.6 is 0 Å². The van der Waals surface area contributed by atoms with Crippen molar-refractivity contribution in [2.75, 3.05) is 0 Å². The van der Waals surface area contributed by atoms with Gasteiger partial charge in [0.2, 0.25) is 5.37 Å². The van der Waals surface area contributed by atoms with Crippen molar-refractivity contribution in [1.29, 1.82) is 0 Å². The van der Waals surface area contributed by atoms with Crippen LogP contribution < -0.4 is 4.57 Å². The average molecular weight is 187 g/mol. The monoisotopic (exact) mass is 187 g/mol. The Balaban J connectivity index is 3.02. The molecule has 0 N–H and O–H groups in total. The molecule has 4 nitrogen and oxygen atoms in total. The summed E-state index contributed by atoms with van der Waals surface area (Å²) < 4.78 is 33.0. The normalized spacial score (nSPS) is 14.2. The highest BCUT2D eigenvalue weighted by Crippen LogP contribution is 2.01. The number of aromatic nitrogens is 1. The first kappa shape index (κ1) is 9.15. The standard InChI is InChI=1S/C7H9NO3S/c1-7(12(9,10)11)8-5-3-2-4-6-8/h2-7H,1H3. The second-order valence-electron chi connectivity index (χ2n) is 2.41. The van der Waals surface area contributed by atoms with Gasteiger partial charge in [0.15, 0.2) is 22.5 Å². The van der Waals surface area contributed by atoms with Crippen molar-refractivity contribution in [1.82, 2.24) is 0 Å². The molecule has 0 aromatic carbocycles. The average Bonchev–Trinajstić information content (AvgIpc) is 2.03. The van der Waals surface area contributed by atoms with Crippen LogP contribution in [0.15, 0.2) is 30.6 Å². The van der Waals surface area contributed by atoms with E-state index < -0.39 is 15.5 Å². The van der Waals surface area contributed by atoms with Gasteiger partial charge in [-0.2, -0.15) is 4.57 Å². The Bertz CT molecular complexity index is 346. The molecule has 0 bridgehead atoms. The lowest BCUT2D eigenvalue weighted by atomic mass is 10.5. The molecule has 0 saturated carbocycles. The lowest BCUT2D eigenvalue weighted by Crippen LogP contribution is -2.41. The summed E-state index contributed by atoms with van der Waals surface area (Å²) in [5, 5.41) is -1.04. The fourth-order valence-electron chi connectivity index (χ4n) is 0.803. The van der Waals surface area contributed by atoms with Crippen LogP contribution in [0, 0.1) is 0 Å². The molecule has 0 radical (unpaired) electrons. The Kier molecular flexibility index (Phi) is 2.44. The van der Waals surface area contributed by atoms with Gasteiger partial charge < -0.3 is 4.55 Å². The molecule has 12 heavy (non-hydrogen) atoms. The summed E-state index contributed by atoms with van der Waals surface area (Å²) in [5.74, 6) is 0. The van der Waals surface area contributed by atoms with Gasteiger partial charge in [0, 0.05) is 19.1 Å². The van der Waals surface area contributed by atoms with Gasteiger partial charge in [0.25, 0.3) is 0 Å². The summed E-state index contributed by atoms with van der Waals surface area (Å²) in [7, 11) is -4.24. The second kappa shape index (κ2) is 3.20. The zero-order chi connectivity index (χ0) is 9.19. The maximum absolute atomic E-state index is 10.6. The molecule has 1 heterocycles. The lowest BCUT2D eigenvalue weighted by molar-refractivity contribution is -0.699. The zero-order valence-corrected chi connectivity index (χ0v) is 7.36. The van der Waals surface area contributed by atoms with Gasteiger partial charge in [0.1, 0.15) is 0 Å². The zero-order valence-electron chi connectivity index (χ0n) is 6.54. The van der Waals surface area contributed by atoms with Crippen molar-refractivity contribution in [2.45, 2.75) is 12.3 Å². The third-order valence-corrected chi connectivity index (χ3v) is 2.66. The Morgan fingerprint density at radius 2 is 1.75 bits per heavy atom. The van der Waals surface area contributed by atoms with Crippen LogP contribution in [0.2, 0.25) is 0 Å².